The van der Waals surface area contributed by atoms with Crippen molar-refractivity contribution in [3.8, 4) is 0 Å². The van der Waals surface area contributed by atoms with Gasteiger partial charge in [-0.1, -0.05) is 26.0 Å². The van der Waals surface area contributed by atoms with Crippen LogP contribution in [0.4, 0.5) is 0 Å². The first-order chi connectivity index (χ1) is 9.68. The van der Waals surface area contributed by atoms with Crippen molar-refractivity contribution in [1.82, 2.24) is 5.32 Å². The van der Waals surface area contributed by atoms with Gasteiger partial charge in [-0.25, -0.2) is 0 Å². The topological polar surface area (TPSA) is 21.3 Å². The molecule has 118 valence electrons. The van der Waals surface area contributed by atoms with Crippen molar-refractivity contribution >= 4 is 11.8 Å². The molecular weight excluding hydrogens is 278 g/mol. The molecule has 0 aliphatic carbocycles. The van der Waals surface area contributed by atoms with Crippen LogP contribution in [0.2, 0.25) is 0 Å². The fourth-order valence-corrected chi connectivity index (χ4v) is 4.43. The van der Waals surface area contributed by atoms with E-state index in [0.29, 0.717) is 11.3 Å². The molecule has 0 aromatic heterocycles. The molecular formula is C18H29NOS. The van der Waals surface area contributed by atoms with E-state index in [-0.39, 0.29) is 11.2 Å². The highest BCUT2D eigenvalue weighted by atomic mass is 32.2. The predicted octanol–water partition coefficient (Wildman–Crippen LogP) is 4.62. The Labute approximate surface area is 134 Å². The lowest BCUT2D eigenvalue weighted by molar-refractivity contribution is -0.0631. The van der Waals surface area contributed by atoms with Gasteiger partial charge in [0.1, 0.15) is 0 Å². The van der Waals surface area contributed by atoms with Crippen LogP contribution in [0.15, 0.2) is 29.2 Å². The van der Waals surface area contributed by atoms with Gasteiger partial charge < -0.3 is 10.1 Å². The fourth-order valence-electron chi connectivity index (χ4n) is 2.91. The predicted molar refractivity (Wildman–Crippen MR) is 91.9 cm³/mol. The minimum Gasteiger partial charge on any atom is -0.368 e. The highest BCUT2D eigenvalue weighted by molar-refractivity contribution is 8.00. The van der Waals surface area contributed by atoms with Crippen LogP contribution in [0.1, 0.15) is 53.5 Å². The van der Waals surface area contributed by atoms with Crippen LogP contribution in [0.3, 0.4) is 0 Å². The number of hydrogen-bond donors (Lipinski definition) is 1. The van der Waals surface area contributed by atoms with Crippen LogP contribution >= 0.6 is 11.8 Å². The summed E-state index contributed by atoms with van der Waals surface area (Å²) in [6.45, 7) is 14.1. The van der Waals surface area contributed by atoms with Gasteiger partial charge in [-0.3, -0.25) is 0 Å². The normalized spacial score (nSPS) is 23.7. The molecule has 1 unspecified atom stereocenters. The van der Waals surface area contributed by atoms with Crippen LogP contribution in [-0.4, -0.2) is 22.5 Å². The van der Waals surface area contributed by atoms with Crippen LogP contribution in [0.25, 0.3) is 0 Å². The summed E-state index contributed by atoms with van der Waals surface area (Å²) in [5.74, 6) is 0. The van der Waals surface area contributed by atoms with E-state index in [1.807, 2.05) is 11.8 Å². The molecule has 3 heteroatoms. The zero-order chi connectivity index (χ0) is 15.7. The van der Waals surface area contributed by atoms with E-state index in [4.69, 9.17) is 4.74 Å². The largest absolute Gasteiger partial charge is 0.368 e. The Morgan fingerprint density at radius 1 is 1.29 bits per heavy atom. The molecule has 2 nitrogen and oxygen atoms in total. The summed E-state index contributed by atoms with van der Waals surface area (Å²) < 4.78 is 6.20. The second kappa shape index (κ2) is 6.31. The first kappa shape index (κ1) is 16.9. The zero-order valence-corrected chi connectivity index (χ0v) is 15.0. The molecule has 0 radical (unpaired) electrons. The molecule has 1 atom stereocenters. The Balaban J connectivity index is 2.04. The number of rotatable bonds is 5. The fraction of sp³-hybridized carbons (Fsp3) is 0.667. The first-order valence-corrected chi connectivity index (χ1v) is 8.75. The highest BCUT2D eigenvalue weighted by Crippen LogP contribution is 2.46. The van der Waals surface area contributed by atoms with E-state index < -0.39 is 0 Å². The third kappa shape index (κ3) is 4.73. The molecule has 1 fully saturated rings. The Kier molecular flexibility index (Phi) is 5.07. The van der Waals surface area contributed by atoms with E-state index in [9.17, 15) is 0 Å². The lowest BCUT2D eigenvalue weighted by atomic mass is 10.0. The van der Waals surface area contributed by atoms with Gasteiger partial charge in [0.25, 0.3) is 0 Å². The number of nitrogens with one attached hydrogen (secondary N) is 1. The molecule has 2 rings (SSSR count). The van der Waals surface area contributed by atoms with Gasteiger partial charge in [-0.05, 0) is 51.8 Å². The van der Waals surface area contributed by atoms with Gasteiger partial charge in [0.15, 0.2) is 0 Å². The Bertz CT molecular complexity index is 482. The van der Waals surface area contributed by atoms with Gasteiger partial charge in [0, 0.05) is 22.7 Å². The lowest BCUT2D eigenvalue weighted by Gasteiger charge is -2.27. The zero-order valence-electron chi connectivity index (χ0n) is 14.2. The molecule has 1 heterocycles. The standard InChI is InChI=1S/C18H29NOS/c1-13(2)19-12-14-8-7-9-15(10-14)21-16-11-17(3,4)20-18(16,5)6/h7-10,13,16,19H,11-12H2,1-6H3. The molecule has 0 bridgehead atoms. The van der Waals surface area contributed by atoms with Gasteiger partial charge >= 0.3 is 0 Å². The van der Waals surface area contributed by atoms with Crippen LogP contribution in [0.5, 0.6) is 0 Å². The molecule has 0 amide bonds. The summed E-state index contributed by atoms with van der Waals surface area (Å²) in [7, 11) is 0. The number of benzene rings is 1. The third-order valence-electron chi connectivity index (χ3n) is 3.88. The number of ether oxygens (including phenoxy) is 1. The summed E-state index contributed by atoms with van der Waals surface area (Å²) in [5, 5.41) is 3.98. The van der Waals surface area contributed by atoms with Crippen molar-refractivity contribution < 1.29 is 4.74 Å². The summed E-state index contributed by atoms with van der Waals surface area (Å²) in [4.78, 5) is 1.34. The van der Waals surface area contributed by atoms with Crippen molar-refractivity contribution in [2.45, 2.75) is 81.9 Å². The maximum absolute atomic E-state index is 6.20. The van der Waals surface area contributed by atoms with Gasteiger partial charge in [0.05, 0.1) is 11.2 Å². The number of thioether (sulfide) groups is 1. The average Bonchev–Trinajstić information content (AvgIpc) is 2.55. The smallest absolute Gasteiger partial charge is 0.0756 e. The maximum Gasteiger partial charge on any atom is 0.0756 e. The van der Waals surface area contributed by atoms with Crippen LogP contribution < -0.4 is 5.32 Å². The Morgan fingerprint density at radius 3 is 2.57 bits per heavy atom. The SMILES string of the molecule is CC(C)NCc1cccc(SC2CC(C)(C)OC2(C)C)c1. The van der Waals surface area contributed by atoms with E-state index in [1.54, 1.807) is 0 Å². The molecule has 0 spiro atoms. The molecule has 1 aliphatic heterocycles. The maximum atomic E-state index is 6.20. The number of hydrogen-bond acceptors (Lipinski definition) is 3. The first-order valence-electron chi connectivity index (χ1n) is 7.87. The molecule has 1 aromatic rings. The summed E-state index contributed by atoms with van der Waals surface area (Å²) in [5.41, 5.74) is 1.27. The highest BCUT2D eigenvalue weighted by Gasteiger charge is 2.46. The molecule has 1 aliphatic rings. The summed E-state index contributed by atoms with van der Waals surface area (Å²) in [6.07, 6.45) is 1.10. The lowest BCUT2D eigenvalue weighted by Crippen LogP contribution is -2.30. The molecule has 1 N–H and O–H groups in total. The Morgan fingerprint density at radius 2 is 2.00 bits per heavy atom. The van der Waals surface area contributed by atoms with Gasteiger partial charge in [-0.15, -0.1) is 11.8 Å². The average molecular weight is 308 g/mol. The molecule has 21 heavy (non-hydrogen) atoms. The molecule has 1 aromatic carbocycles. The van der Waals surface area contributed by atoms with Crippen molar-refractivity contribution in [3.05, 3.63) is 29.8 Å². The van der Waals surface area contributed by atoms with Crippen molar-refractivity contribution in [3.63, 3.8) is 0 Å². The van der Waals surface area contributed by atoms with Gasteiger partial charge in [0.2, 0.25) is 0 Å². The Hall–Kier alpha value is -0.510. The second-order valence-corrected chi connectivity index (χ2v) is 8.73. The van der Waals surface area contributed by atoms with E-state index in [1.165, 1.54) is 10.5 Å². The molecule has 1 saturated heterocycles. The monoisotopic (exact) mass is 307 g/mol. The van der Waals surface area contributed by atoms with Crippen LogP contribution in [0, 0.1) is 0 Å². The minimum atomic E-state index is -0.0691. The van der Waals surface area contributed by atoms with Crippen molar-refractivity contribution in [2.24, 2.45) is 0 Å². The third-order valence-corrected chi connectivity index (χ3v) is 5.43. The van der Waals surface area contributed by atoms with E-state index >= 15 is 0 Å². The van der Waals surface area contributed by atoms with E-state index in [0.717, 1.165) is 13.0 Å². The van der Waals surface area contributed by atoms with Crippen LogP contribution in [-0.2, 0) is 11.3 Å². The quantitative estimate of drug-likeness (QED) is 0.857. The van der Waals surface area contributed by atoms with Crippen molar-refractivity contribution in [1.29, 1.82) is 0 Å². The van der Waals surface area contributed by atoms with Gasteiger partial charge in [-0.2, -0.15) is 0 Å². The molecule has 0 saturated carbocycles. The van der Waals surface area contributed by atoms with Crippen molar-refractivity contribution in [2.75, 3.05) is 0 Å². The second-order valence-electron chi connectivity index (χ2n) is 7.46. The minimum absolute atomic E-state index is 0.0159. The summed E-state index contributed by atoms with van der Waals surface area (Å²) in [6, 6.07) is 9.39. The van der Waals surface area contributed by atoms with E-state index in [2.05, 4.69) is 71.1 Å². The summed E-state index contributed by atoms with van der Waals surface area (Å²) >= 11 is 1.96.